The molecule has 0 saturated heterocycles. The monoisotopic (exact) mass is 419 g/mol. The van der Waals surface area contributed by atoms with E-state index in [2.05, 4.69) is 122 Å². The lowest BCUT2D eigenvalue weighted by Gasteiger charge is -2.43. The summed E-state index contributed by atoms with van der Waals surface area (Å²) < 4.78 is 1.12. The fourth-order valence-electron chi connectivity index (χ4n) is 4.03. The van der Waals surface area contributed by atoms with Crippen LogP contribution < -0.4 is 4.90 Å². The molecular formula is C25H26BrN. The summed E-state index contributed by atoms with van der Waals surface area (Å²) in [5.74, 6) is 0. The Balaban J connectivity index is 2.04. The Hall–Kier alpha value is -2.06. The van der Waals surface area contributed by atoms with E-state index < -0.39 is 0 Å². The van der Waals surface area contributed by atoms with Crippen molar-refractivity contribution in [3.63, 3.8) is 0 Å². The average Bonchev–Trinajstić information content (AvgIpc) is 2.62. The molecule has 2 heteroatoms. The molecule has 0 amide bonds. The van der Waals surface area contributed by atoms with E-state index in [1.807, 2.05) is 0 Å². The van der Waals surface area contributed by atoms with Crippen LogP contribution in [0.2, 0.25) is 0 Å². The fourth-order valence-corrected chi connectivity index (χ4v) is 4.39. The van der Waals surface area contributed by atoms with E-state index in [0.29, 0.717) is 0 Å². The van der Waals surface area contributed by atoms with Crippen LogP contribution in [-0.4, -0.2) is 0 Å². The lowest BCUT2D eigenvalue weighted by Crippen LogP contribution is -2.31. The van der Waals surface area contributed by atoms with Crippen LogP contribution >= 0.6 is 15.9 Å². The predicted molar refractivity (Wildman–Crippen MR) is 120 cm³/mol. The van der Waals surface area contributed by atoms with Crippen molar-refractivity contribution in [1.29, 1.82) is 0 Å². The molecule has 1 aliphatic rings. The minimum atomic E-state index is -0.0685. The van der Waals surface area contributed by atoms with Gasteiger partial charge in [0.2, 0.25) is 0 Å². The summed E-state index contributed by atoms with van der Waals surface area (Å²) in [6.45, 7) is 11.5. The Morgan fingerprint density at radius 1 is 0.778 bits per heavy atom. The SMILES string of the molecule is CC(C)(C)c1ccc2c(c1)C(C)(C)c1cc(Br)ccc1N2c1ccccc1. The third-order valence-electron chi connectivity index (χ3n) is 5.66. The van der Waals surface area contributed by atoms with Crippen molar-refractivity contribution >= 4 is 33.0 Å². The zero-order chi connectivity index (χ0) is 19.4. The molecule has 1 heterocycles. The van der Waals surface area contributed by atoms with Crippen molar-refractivity contribution in [2.75, 3.05) is 4.90 Å². The van der Waals surface area contributed by atoms with Crippen molar-refractivity contribution in [3.8, 4) is 0 Å². The number of fused-ring (bicyclic) bond motifs is 2. The van der Waals surface area contributed by atoms with Gasteiger partial charge in [0.1, 0.15) is 0 Å². The number of hydrogen-bond acceptors (Lipinski definition) is 1. The van der Waals surface area contributed by atoms with E-state index in [-0.39, 0.29) is 10.8 Å². The number of nitrogens with zero attached hydrogens (tertiary/aromatic N) is 1. The van der Waals surface area contributed by atoms with Crippen LogP contribution in [0.15, 0.2) is 71.2 Å². The van der Waals surface area contributed by atoms with Crippen molar-refractivity contribution in [1.82, 2.24) is 0 Å². The quantitative estimate of drug-likeness (QED) is 0.387. The molecule has 0 N–H and O–H groups in total. The van der Waals surface area contributed by atoms with E-state index in [4.69, 9.17) is 0 Å². The first-order valence-electron chi connectivity index (χ1n) is 9.50. The molecule has 0 atom stereocenters. The Labute approximate surface area is 171 Å². The minimum Gasteiger partial charge on any atom is -0.310 e. The molecule has 0 spiro atoms. The Morgan fingerprint density at radius 3 is 2.00 bits per heavy atom. The highest BCUT2D eigenvalue weighted by Gasteiger charge is 2.37. The van der Waals surface area contributed by atoms with Gasteiger partial charge >= 0.3 is 0 Å². The Bertz CT molecular complexity index is 997. The maximum Gasteiger partial charge on any atom is 0.0503 e. The third kappa shape index (κ3) is 3.00. The number of hydrogen-bond donors (Lipinski definition) is 0. The maximum absolute atomic E-state index is 3.69. The lowest BCUT2D eigenvalue weighted by molar-refractivity contribution is 0.580. The van der Waals surface area contributed by atoms with Crippen molar-refractivity contribution in [2.45, 2.75) is 45.4 Å². The molecule has 1 aliphatic heterocycles. The van der Waals surface area contributed by atoms with Crippen molar-refractivity contribution in [2.24, 2.45) is 0 Å². The van der Waals surface area contributed by atoms with Crippen LogP contribution in [-0.2, 0) is 10.8 Å². The molecule has 0 unspecified atom stereocenters. The topological polar surface area (TPSA) is 3.24 Å². The fraction of sp³-hybridized carbons (Fsp3) is 0.280. The van der Waals surface area contributed by atoms with E-state index >= 15 is 0 Å². The molecule has 138 valence electrons. The van der Waals surface area contributed by atoms with Crippen LogP contribution in [0.4, 0.5) is 17.1 Å². The Kier molecular flexibility index (Phi) is 4.23. The van der Waals surface area contributed by atoms with Gasteiger partial charge in [-0.3, -0.25) is 0 Å². The van der Waals surface area contributed by atoms with E-state index in [1.165, 1.54) is 33.8 Å². The third-order valence-corrected chi connectivity index (χ3v) is 6.16. The van der Waals surface area contributed by atoms with Crippen LogP contribution in [0.25, 0.3) is 0 Å². The molecule has 0 aliphatic carbocycles. The zero-order valence-corrected chi connectivity index (χ0v) is 18.3. The number of benzene rings is 3. The lowest BCUT2D eigenvalue weighted by atomic mass is 9.71. The van der Waals surface area contributed by atoms with Gasteiger partial charge in [-0.15, -0.1) is 0 Å². The molecule has 27 heavy (non-hydrogen) atoms. The summed E-state index contributed by atoms with van der Waals surface area (Å²) in [7, 11) is 0. The van der Waals surface area contributed by atoms with Gasteiger partial charge in [-0.1, -0.05) is 80.9 Å². The van der Waals surface area contributed by atoms with Gasteiger partial charge in [0, 0.05) is 15.6 Å². The molecule has 3 aromatic carbocycles. The highest BCUT2D eigenvalue weighted by molar-refractivity contribution is 9.10. The summed E-state index contributed by atoms with van der Waals surface area (Å²) in [5.41, 5.74) is 7.88. The zero-order valence-electron chi connectivity index (χ0n) is 16.7. The molecule has 0 fully saturated rings. The van der Waals surface area contributed by atoms with Gasteiger partial charge in [0.15, 0.2) is 0 Å². The van der Waals surface area contributed by atoms with E-state index in [9.17, 15) is 0 Å². The summed E-state index contributed by atoms with van der Waals surface area (Å²) in [6, 6.07) is 24.3. The van der Waals surface area contributed by atoms with Crippen LogP contribution in [0.3, 0.4) is 0 Å². The number of halogens is 1. The largest absolute Gasteiger partial charge is 0.310 e. The molecule has 0 saturated carbocycles. The van der Waals surface area contributed by atoms with Crippen LogP contribution in [0, 0.1) is 0 Å². The first-order valence-corrected chi connectivity index (χ1v) is 10.3. The second-order valence-electron chi connectivity index (χ2n) is 8.94. The van der Waals surface area contributed by atoms with Crippen molar-refractivity contribution < 1.29 is 0 Å². The van der Waals surface area contributed by atoms with Crippen LogP contribution in [0.1, 0.15) is 51.3 Å². The molecule has 0 radical (unpaired) electrons. The highest BCUT2D eigenvalue weighted by Crippen LogP contribution is 2.52. The molecule has 3 aromatic rings. The average molecular weight is 420 g/mol. The van der Waals surface area contributed by atoms with Gasteiger partial charge in [0.05, 0.1) is 11.4 Å². The van der Waals surface area contributed by atoms with E-state index in [0.717, 1.165) is 4.47 Å². The van der Waals surface area contributed by atoms with Gasteiger partial charge in [-0.05, 0) is 58.5 Å². The van der Waals surface area contributed by atoms with Crippen molar-refractivity contribution in [3.05, 3.63) is 87.9 Å². The summed E-state index contributed by atoms with van der Waals surface area (Å²) >= 11 is 3.69. The smallest absolute Gasteiger partial charge is 0.0503 e. The van der Waals surface area contributed by atoms with E-state index in [1.54, 1.807) is 0 Å². The number of para-hydroxylation sites is 1. The van der Waals surface area contributed by atoms with Crippen LogP contribution in [0.5, 0.6) is 0 Å². The van der Waals surface area contributed by atoms with Gasteiger partial charge < -0.3 is 4.90 Å². The van der Waals surface area contributed by atoms with Gasteiger partial charge in [0.25, 0.3) is 0 Å². The normalized spacial score (nSPS) is 15.3. The number of anilines is 3. The highest BCUT2D eigenvalue weighted by atomic mass is 79.9. The molecule has 1 nitrogen and oxygen atoms in total. The molecule has 0 bridgehead atoms. The summed E-state index contributed by atoms with van der Waals surface area (Å²) in [4.78, 5) is 2.40. The minimum absolute atomic E-state index is 0.0685. The number of rotatable bonds is 1. The summed E-state index contributed by atoms with van der Waals surface area (Å²) in [6.07, 6.45) is 0. The summed E-state index contributed by atoms with van der Waals surface area (Å²) in [5, 5.41) is 0. The first-order chi connectivity index (χ1) is 12.7. The Morgan fingerprint density at radius 2 is 1.37 bits per heavy atom. The predicted octanol–water partition coefficient (Wildman–Crippen LogP) is 7.86. The van der Waals surface area contributed by atoms with Gasteiger partial charge in [-0.2, -0.15) is 0 Å². The second-order valence-corrected chi connectivity index (χ2v) is 9.86. The first kappa shape index (κ1) is 18.3. The molecule has 4 rings (SSSR count). The molecular weight excluding hydrogens is 394 g/mol. The maximum atomic E-state index is 3.69. The van der Waals surface area contributed by atoms with Gasteiger partial charge in [-0.25, -0.2) is 0 Å². The second kappa shape index (κ2) is 6.24. The standard InChI is InChI=1S/C25H26BrN/c1-24(2,3)17-11-13-22-20(15-17)25(4,5)21-16-18(26)12-14-23(21)27(22)19-9-7-6-8-10-19/h6-16H,1-5H3. The molecule has 0 aromatic heterocycles.